The molecule has 0 bridgehead atoms. The van der Waals surface area contributed by atoms with Crippen molar-refractivity contribution in [2.75, 3.05) is 12.3 Å². The van der Waals surface area contributed by atoms with E-state index >= 15 is 0 Å². The molecule has 0 fully saturated rings. The molecule has 0 aliphatic carbocycles. The Morgan fingerprint density at radius 2 is 1.85 bits per heavy atom. The molecule has 2 rings (SSSR count). The van der Waals surface area contributed by atoms with E-state index in [9.17, 15) is 9.59 Å². The minimum Gasteiger partial charge on any atom is -0.485 e. The van der Waals surface area contributed by atoms with Gasteiger partial charge in [0.05, 0.1) is 23.3 Å². The third kappa shape index (κ3) is 5.11. The number of Topliss-reactive ketones (excluding diaryl/α,β-unsaturated/α-hetero) is 1. The van der Waals surface area contributed by atoms with Gasteiger partial charge in [0.1, 0.15) is 6.61 Å². The van der Waals surface area contributed by atoms with E-state index in [1.807, 2.05) is 0 Å². The van der Waals surface area contributed by atoms with Gasteiger partial charge in [-0.15, -0.1) is 0 Å². The Labute approximate surface area is 161 Å². The lowest BCUT2D eigenvalue weighted by molar-refractivity contribution is -0.119. The van der Waals surface area contributed by atoms with Crippen LogP contribution >= 0.6 is 23.2 Å². The molecule has 0 aliphatic heterocycles. The largest absolute Gasteiger partial charge is 0.485 e. The van der Waals surface area contributed by atoms with Gasteiger partial charge in [-0.2, -0.15) is 0 Å². The molecule has 2 aromatic carbocycles. The number of nitrogens with one attached hydrogen (secondary N) is 1. The summed E-state index contributed by atoms with van der Waals surface area (Å²) in [5.74, 6) is -0.232. The van der Waals surface area contributed by atoms with E-state index in [1.165, 1.54) is 0 Å². The summed E-state index contributed by atoms with van der Waals surface area (Å²) in [4.78, 5) is 23.5. The number of amides is 1. The number of carbonyl (C=O) groups excluding carboxylic acids is 2. The van der Waals surface area contributed by atoms with E-state index < -0.39 is 6.04 Å². The van der Waals surface area contributed by atoms with E-state index in [-0.39, 0.29) is 24.8 Å². The van der Waals surface area contributed by atoms with Crippen LogP contribution < -0.4 is 21.5 Å². The molecular weight excluding hydrogens is 377 g/mol. The van der Waals surface area contributed by atoms with E-state index in [1.54, 1.807) is 43.3 Å². The number of benzene rings is 2. The van der Waals surface area contributed by atoms with Crippen LogP contribution in [-0.2, 0) is 11.4 Å². The van der Waals surface area contributed by atoms with Crippen LogP contribution in [0.3, 0.4) is 0 Å². The lowest BCUT2D eigenvalue weighted by Gasteiger charge is -2.13. The molecule has 0 aliphatic rings. The summed E-state index contributed by atoms with van der Waals surface area (Å²) in [5.41, 5.74) is 12.7. The van der Waals surface area contributed by atoms with Crippen LogP contribution in [0.15, 0.2) is 36.4 Å². The molecule has 0 saturated carbocycles. The maximum Gasteiger partial charge on any atom is 0.251 e. The first kappa shape index (κ1) is 20.0. The molecule has 0 aromatic heterocycles. The first-order valence-corrected chi connectivity index (χ1v) is 8.57. The zero-order valence-electron chi connectivity index (χ0n) is 14.1. The zero-order valence-corrected chi connectivity index (χ0v) is 15.6. The number of nitrogen functional groups attached to an aromatic ring is 1. The molecule has 0 spiro atoms. The molecule has 0 radical (unpaired) electrons. The van der Waals surface area contributed by atoms with Crippen molar-refractivity contribution in [2.45, 2.75) is 19.6 Å². The lowest BCUT2D eigenvalue weighted by Crippen LogP contribution is -2.41. The van der Waals surface area contributed by atoms with Crippen LogP contribution in [0.5, 0.6) is 5.75 Å². The van der Waals surface area contributed by atoms with Gasteiger partial charge >= 0.3 is 0 Å². The lowest BCUT2D eigenvalue weighted by atomic mass is 10.1. The molecule has 6 nitrogen and oxygen atoms in total. The first-order chi connectivity index (χ1) is 12.3. The molecule has 138 valence electrons. The average Bonchev–Trinajstić information content (AvgIpc) is 2.60. The predicted octanol–water partition coefficient (Wildman–Crippen LogP) is 2.80. The fourth-order valence-electron chi connectivity index (χ4n) is 2.18. The maximum absolute atomic E-state index is 12.1. The van der Waals surface area contributed by atoms with Gasteiger partial charge in [-0.05, 0) is 36.8 Å². The van der Waals surface area contributed by atoms with Crippen molar-refractivity contribution in [3.63, 3.8) is 0 Å². The maximum atomic E-state index is 12.1. The highest BCUT2D eigenvalue weighted by Crippen LogP contribution is 2.34. The van der Waals surface area contributed by atoms with Crippen LogP contribution in [0.25, 0.3) is 0 Å². The summed E-state index contributed by atoms with van der Waals surface area (Å²) in [7, 11) is 0. The molecule has 26 heavy (non-hydrogen) atoms. The van der Waals surface area contributed by atoms with Crippen LogP contribution in [0, 0.1) is 0 Å². The molecule has 8 heteroatoms. The highest BCUT2D eigenvalue weighted by molar-refractivity contribution is 6.36. The van der Waals surface area contributed by atoms with Crippen molar-refractivity contribution >= 4 is 40.6 Å². The number of ether oxygens (including phenoxy) is 1. The molecule has 1 unspecified atom stereocenters. The Morgan fingerprint density at radius 1 is 1.19 bits per heavy atom. The van der Waals surface area contributed by atoms with Crippen molar-refractivity contribution in [3.05, 3.63) is 57.6 Å². The highest BCUT2D eigenvalue weighted by Gasteiger charge is 2.15. The quantitative estimate of drug-likeness (QED) is 0.624. The highest BCUT2D eigenvalue weighted by atomic mass is 35.5. The van der Waals surface area contributed by atoms with Crippen molar-refractivity contribution in [1.29, 1.82) is 0 Å². The fourth-order valence-corrected chi connectivity index (χ4v) is 2.74. The molecule has 0 saturated heterocycles. The third-order valence-electron chi connectivity index (χ3n) is 3.67. The molecule has 5 N–H and O–H groups in total. The summed E-state index contributed by atoms with van der Waals surface area (Å²) < 4.78 is 5.64. The minimum absolute atomic E-state index is 0.117. The van der Waals surface area contributed by atoms with Crippen LogP contribution in [0.4, 0.5) is 5.69 Å². The van der Waals surface area contributed by atoms with Gasteiger partial charge in [0, 0.05) is 10.6 Å². The van der Waals surface area contributed by atoms with Crippen molar-refractivity contribution in [2.24, 2.45) is 5.73 Å². The smallest absolute Gasteiger partial charge is 0.251 e. The molecule has 1 amide bonds. The number of halogens is 2. The summed E-state index contributed by atoms with van der Waals surface area (Å²) in [6.45, 7) is 1.69. The number of ketones is 1. The predicted molar refractivity (Wildman–Crippen MR) is 103 cm³/mol. The summed E-state index contributed by atoms with van der Waals surface area (Å²) in [6, 6.07) is 9.23. The molecule has 0 heterocycles. The second kappa shape index (κ2) is 8.89. The normalized spacial score (nSPS) is 11.7. The Kier molecular flexibility index (Phi) is 6.85. The zero-order chi connectivity index (χ0) is 19.3. The number of anilines is 1. The van der Waals surface area contributed by atoms with Crippen molar-refractivity contribution in [3.8, 4) is 5.75 Å². The van der Waals surface area contributed by atoms with E-state index in [4.69, 9.17) is 39.4 Å². The number of hydrogen-bond donors (Lipinski definition) is 3. The van der Waals surface area contributed by atoms with Gasteiger partial charge < -0.3 is 21.5 Å². The Bertz CT molecular complexity index is 787. The van der Waals surface area contributed by atoms with Crippen LogP contribution in [0.1, 0.15) is 22.8 Å². The standard InChI is InChI=1S/C18H19Cl2N3O3/c1-10(16(24)8-21)23-18(25)12-4-2-11(3-5-12)9-26-17-14(20)6-13(19)7-15(17)22/h2-7,10H,8-9,21-22H2,1H3,(H,23,25). The summed E-state index contributed by atoms with van der Waals surface area (Å²) in [5, 5.41) is 3.35. The number of rotatable bonds is 7. The van der Waals surface area contributed by atoms with E-state index in [2.05, 4.69) is 5.32 Å². The second-order valence-electron chi connectivity index (χ2n) is 5.66. The van der Waals surface area contributed by atoms with Gasteiger partial charge in [-0.3, -0.25) is 9.59 Å². The van der Waals surface area contributed by atoms with Crippen molar-refractivity contribution < 1.29 is 14.3 Å². The first-order valence-electron chi connectivity index (χ1n) is 7.81. The fraction of sp³-hybridized carbons (Fsp3) is 0.222. The molecule has 2 aromatic rings. The average molecular weight is 396 g/mol. The monoisotopic (exact) mass is 395 g/mol. The minimum atomic E-state index is -0.634. The van der Waals surface area contributed by atoms with Crippen LogP contribution in [-0.4, -0.2) is 24.3 Å². The Balaban J connectivity index is 2.00. The Morgan fingerprint density at radius 3 is 2.42 bits per heavy atom. The van der Waals surface area contributed by atoms with Gasteiger partial charge in [-0.25, -0.2) is 0 Å². The van der Waals surface area contributed by atoms with Gasteiger partial charge in [0.25, 0.3) is 5.91 Å². The number of hydrogen-bond acceptors (Lipinski definition) is 5. The topological polar surface area (TPSA) is 107 Å². The number of nitrogens with two attached hydrogens (primary N) is 2. The van der Waals surface area contributed by atoms with Crippen LogP contribution in [0.2, 0.25) is 10.0 Å². The van der Waals surface area contributed by atoms with E-state index in [0.29, 0.717) is 27.0 Å². The van der Waals surface area contributed by atoms with Crippen molar-refractivity contribution in [1.82, 2.24) is 5.32 Å². The molecular formula is C18H19Cl2N3O3. The van der Waals surface area contributed by atoms with Gasteiger partial charge in [0.2, 0.25) is 0 Å². The third-order valence-corrected chi connectivity index (χ3v) is 4.17. The molecule has 1 atom stereocenters. The number of carbonyl (C=O) groups is 2. The second-order valence-corrected chi connectivity index (χ2v) is 6.50. The summed E-state index contributed by atoms with van der Waals surface area (Å²) in [6.07, 6.45) is 0. The van der Waals surface area contributed by atoms with E-state index in [0.717, 1.165) is 5.56 Å². The Hall–Kier alpha value is -2.28. The van der Waals surface area contributed by atoms with Gasteiger partial charge in [0.15, 0.2) is 11.5 Å². The SMILES string of the molecule is CC(NC(=O)c1ccc(COc2c(N)cc(Cl)cc2Cl)cc1)C(=O)CN. The van der Waals surface area contributed by atoms with Gasteiger partial charge in [-0.1, -0.05) is 35.3 Å². The summed E-state index contributed by atoms with van der Waals surface area (Å²) >= 11 is 11.9.